The number of hydrogen-bond donors (Lipinski definition) is 1. The molecule has 0 aliphatic carbocycles. The molecule has 4 rings (SSSR count). The van der Waals surface area contributed by atoms with Crippen LogP contribution >= 0.6 is 22.9 Å². The maximum Gasteiger partial charge on any atom is 0.124 e. The SMILES string of the molecule is Clc1ccc2nc(-c3ccccc3CNCCN3CCCCC3)sc2c1. The van der Waals surface area contributed by atoms with Crippen LogP contribution in [0, 0.1) is 0 Å². The van der Waals surface area contributed by atoms with Gasteiger partial charge in [-0.15, -0.1) is 11.3 Å². The van der Waals surface area contributed by atoms with Crippen molar-refractivity contribution in [1.82, 2.24) is 15.2 Å². The highest BCUT2D eigenvalue weighted by Crippen LogP contribution is 2.33. The van der Waals surface area contributed by atoms with E-state index >= 15 is 0 Å². The van der Waals surface area contributed by atoms with Gasteiger partial charge in [0.2, 0.25) is 0 Å². The molecule has 0 bridgehead atoms. The molecule has 5 heteroatoms. The number of nitrogens with one attached hydrogen (secondary N) is 1. The average Bonchev–Trinajstić information content (AvgIpc) is 3.09. The summed E-state index contributed by atoms with van der Waals surface area (Å²) in [6.07, 6.45) is 4.10. The van der Waals surface area contributed by atoms with E-state index in [1.807, 2.05) is 18.2 Å². The van der Waals surface area contributed by atoms with E-state index in [9.17, 15) is 0 Å². The van der Waals surface area contributed by atoms with Crippen molar-refractivity contribution in [2.24, 2.45) is 0 Å². The predicted octanol–water partition coefficient (Wildman–Crippen LogP) is 5.19. The Kier molecular flexibility index (Phi) is 5.85. The Morgan fingerprint density at radius 3 is 2.81 bits per heavy atom. The minimum Gasteiger partial charge on any atom is -0.311 e. The smallest absolute Gasteiger partial charge is 0.124 e. The van der Waals surface area contributed by atoms with Gasteiger partial charge in [0.1, 0.15) is 5.01 Å². The first-order chi connectivity index (χ1) is 12.8. The van der Waals surface area contributed by atoms with E-state index in [2.05, 4.69) is 34.5 Å². The van der Waals surface area contributed by atoms with Crippen LogP contribution in [0.5, 0.6) is 0 Å². The van der Waals surface area contributed by atoms with Crippen molar-refractivity contribution < 1.29 is 0 Å². The highest BCUT2D eigenvalue weighted by atomic mass is 35.5. The number of nitrogens with zero attached hydrogens (tertiary/aromatic N) is 2. The van der Waals surface area contributed by atoms with Crippen LogP contribution in [-0.4, -0.2) is 36.1 Å². The molecule has 2 aromatic carbocycles. The summed E-state index contributed by atoms with van der Waals surface area (Å²) >= 11 is 7.83. The fourth-order valence-corrected chi connectivity index (χ4v) is 4.84. The van der Waals surface area contributed by atoms with Gasteiger partial charge >= 0.3 is 0 Å². The summed E-state index contributed by atoms with van der Waals surface area (Å²) in [5.74, 6) is 0. The van der Waals surface area contributed by atoms with Crippen LogP contribution in [0.15, 0.2) is 42.5 Å². The van der Waals surface area contributed by atoms with Gasteiger partial charge in [-0.1, -0.05) is 42.3 Å². The van der Waals surface area contributed by atoms with Gasteiger partial charge in [-0.25, -0.2) is 4.98 Å². The molecular formula is C21H24ClN3S. The third kappa shape index (κ3) is 4.26. The summed E-state index contributed by atoms with van der Waals surface area (Å²) in [4.78, 5) is 7.38. The van der Waals surface area contributed by atoms with Gasteiger partial charge in [-0.05, 0) is 49.7 Å². The maximum atomic E-state index is 6.12. The van der Waals surface area contributed by atoms with Crippen LogP contribution in [0.2, 0.25) is 5.02 Å². The van der Waals surface area contributed by atoms with Crippen molar-refractivity contribution in [2.45, 2.75) is 25.8 Å². The molecule has 0 atom stereocenters. The number of rotatable bonds is 6. The average molecular weight is 386 g/mol. The molecule has 0 amide bonds. The molecule has 1 saturated heterocycles. The Morgan fingerprint density at radius 1 is 1.08 bits per heavy atom. The zero-order valence-electron chi connectivity index (χ0n) is 14.9. The van der Waals surface area contributed by atoms with Crippen LogP contribution in [0.4, 0.5) is 0 Å². The van der Waals surface area contributed by atoms with Gasteiger partial charge < -0.3 is 10.2 Å². The number of thiazole rings is 1. The largest absolute Gasteiger partial charge is 0.311 e. The van der Waals surface area contributed by atoms with Gasteiger partial charge in [0.15, 0.2) is 0 Å². The Bertz CT molecular complexity index is 871. The summed E-state index contributed by atoms with van der Waals surface area (Å²) in [7, 11) is 0. The number of fused-ring (bicyclic) bond motifs is 1. The lowest BCUT2D eigenvalue weighted by molar-refractivity contribution is 0.229. The highest BCUT2D eigenvalue weighted by Gasteiger charge is 2.12. The summed E-state index contributed by atoms with van der Waals surface area (Å²) in [5, 5.41) is 5.45. The van der Waals surface area contributed by atoms with E-state index in [0.717, 1.165) is 39.9 Å². The first-order valence-electron chi connectivity index (χ1n) is 9.37. The summed E-state index contributed by atoms with van der Waals surface area (Å²) in [5.41, 5.74) is 3.54. The number of hydrogen-bond acceptors (Lipinski definition) is 4. The molecule has 0 spiro atoms. The molecule has 3 nitrogen and oxygen atoms in total. The number of halogens is 1. The number of likely N-dealkylation sites (tertiary alicyclic amines) is 1. The molecule has 1 aliphatic heterocycles. The lowest BCUT2D eigenvalue weighted by Crippen LogP contribution is -2.35. The van der Waals surface area contributed by atoms with Crippen LogP contribution < -0.4 is 5.32 Å². The van der Waals surface area contributed by atoms with Gasteiger partial charge in [0.25, 0.3) is 0 Å². The number of aromatic nitrogens is 1. The third-order valence-corrected chi connectivity index (χ3v) is 6.25. The Morgan fingerprint density at radius 2 is 1.92 bits per heavy atom. The van der Waals surface area contributed by atoms with Gasteiger partial charge in [-0.3, -0.25) is 0 Å². The molecular weight excluding hydrogens is 362 g/mol. The second kappa shape index (κ2) is 8.49. The van der Waals surface area contributed by atoms with E-state index in [-0.39, 0.29) is 0 Å². The minimum atomic E-state index is 0.764. The van der Waals surface area contributed by atoms with Gasteiger partial charge in [0, 0.05) is 30.2 Å². The highest BCUT2D eigenvalue weighted by molar-refractivity contribution is 7.21. The fourth-order valence-electron chi connectivity index (χ4n) is 3.54. The van der Waals surface area contributed by atoms with Crippen LogP contribution in [0.25, 0.3) is 20.8 Å². The molecule has 2 heterocycles. The van der Waals surface area contributed by atoms with E-state index in [0.29, 0.717) is 0 Å². The second-order valence-electron chi connectivity index (χ2n) is 6.87. The molecule has 1 aliphatic rings. The molecule has 136 valence electrons. The molecule has 1 fully saturated rings. The lowest BCUT2D eigenvalue weighted by Gasteiger charge is -2.26. The Balaban J connectivity index is 1.44. The van der Waals surface area contributed by atoms with Crippen LogP contribution in [0.3, 0.4) is 0 Å². The van der Waals surface area contributed by atoms with Crippen molar-refractivity contribution in [1.29, 1.82) is 0 Å². The lowest BCUT2D eigenvalue weighted by atomic mass is 10.1. The first kappa shape index (κ1) is 17.9. The van der Waals surface area contributed by atoms with E-state index in [4.69, 9.17) is 16.6 Å². The first-order valence-corrected chi connectivity index (χ1v) is 10.6. The van der Waals surface area contributed by atoms with Crippen molar-refractivity contribution in [3.8, 4) is 10.6 Å². The van der Waals surface area contributed by atoms with Crippen LogP contribution in [0.1, 0.15) is 24.8 Å². The summed E-state index contributed by atoms with van der Waals surface area (Å²) < 4.78 is 1.14. The summed E-state index contributed by atoms with van der Waals surface area (Å²) in [6.45, 7) is 5.56. The normalized spacial score (nSPS) is 15.6. The van der Waals surface area contributed by atoms with Crippen molar-refractivity contribution in [2.75, 3.05) is 26.2 Å². The number of piperidine rings is 1. The molecule has 26 heavy (non-hydrogen) atoms. The molecule has 3 aromatic rings. The molecule has 0 unspecified atom stereocenters. The van der Waals surface area contributed by atoms with E-state index in [1.54, 1.807) is 11.3 Å². The van der Waals surface area contributed by atoms with Crippen LogP contribution in [-0.2, 0) is 6.54 Å². The fraction of sp³-hybridized carbons (Fsp3) is 0.381. The second-order valence-corrected chi connectivity index (χ2v) is 8.33. The van der Waals surface area contributed by atoms with E-state index in [1.165, 1.54) is 43.5 Å². The Labute approximate surface area is 164 Å². The third-order valence-electron chi connectivity index (χ3n) is 4.97. The topological polar surface area (TPSA) is 28.2 Å². The standard InChI is InChI=1S/C21H24ClN3S/c22-17-8-9-19-20(14-17)26-21(24-19)18-7-3-2-6-16(18)15-23-10-13-25-11-4-1-5-12-25/h2-3,6-9,14,23H,1,4-5,10-13,15H2. The minimum absolute atomic E-state index is 0.764. The molecule has 0 saturated carbocycles. The molecule has 1 aromatic heterocycles. The summed E-state index contributed by atoms with van der Waals surface area (Å²) in [6, 6.07) is 14.5. The zero-order valence-corrected chi connectivity index (χ0v) is 16.5. The van der Waals surface area contributed by atoms with Crippen molar-refractivity contribution in [3.05, 3.63) is 53.1 Å². The quantitative estimate of drug-likeness (QED) is 0.591. The zero-order chi connectivity index (χ0) is 17.8. The van der Waals surface area contributed by atoms with Crippen molar-refractivity contribution >= 4 is 33.2 Å². The number of benzene rings is 2. The Hall–Kier alpha value is -1.46. The molecule has 0 radical (unpaired) electrons. The van der Waals surface area contributed by atoms with E-state index < -0.39 is 0 Å². The van der Waals surface area contributed by atoms with Crippen molar-refractivity contribution in [3.63, 3.8) is 0 Å². The van der Waals surface area contributed by atoms with Gasteiger partial charge in [0.05, 0.1) is 10.2 Å². The predicted molar refractivity (Wildman–Crippen MR) is 112 cm³/mol. The maximum absolute atomic E-state index is 6.12. The molecule has 1 N–H and O–H groups in total. The van der Waals surface area contributed by atoms with Gasteiger partial charge in [-0.2, -0.15) is 0 Å². The monoisotopic (exact) mass is 385 g/mol.